The van der Waals surface area contributed by atoms with E-state index in [0.717, 1.165) is 0 Å². The van der Waals surface area contributed by atoms with Gasteiger partial charge in [0.2, 0.25) is 0 Å². The molecule has 5 heteroatoms. The quantitative estimate of drug-likeness (QED) is 0.505. The van der Waals surface area contributed by atoms with Crippen LogP contribution < -0.4 is 5.32 Å². The molecule has 0 aliphatic heterocycles. The van der Waals surface area contributed by atoms with Gasteiger partial charge in [-0.2, -0.15) is 0 Å². The van der Waals surface area contributed by atoms with Gasteiger partial charge in [0.15, 0.2) is 0 Å². The van der Waals surface area contributed by atoms with Gasteiger partial charge < -0.3 is 14.2 Å². The number of esters is 1. The summed E-state index contributed by atoms with van der Waals surface area (Å²) in [6.45, 7) is 3.45. The summed E-state index contributed by atoms with van der Waals surface area (Å²) in [4.78, 5) is 11.8. The van der Waals surface area contributed by atoms with Gasteiger partial charge in [0.25, 0.3) is 0 Å². The topological polar surface area (TPSA) is 56.8 Å². The van der Waals surface area contributed by atoms with E-state index >= 15 is 0 Å². The van der Waals surface area contributed by atoms with Gasteiger partial charge in [0.1, 0.15) is 5.54 Å². The van der Waals surface area contributed by atoms with Crippen molar-refractivity contribution >= 4 is 5.97 Å². The summed E-state index contributed by atoms with van der Waals surface area (Å²) in [7, 11) is 3.30. The number of carbonyl (C=O) groups is 1. The SMILES string of the molecule is CCOC(=O)C1(NCCOC)CC(OC)C1. The molecule has 1 saturated carbocycles. The van der Waals surface area contributed by atoms with Crippen molar-refractivity contribution in [3.05, 3.63) is 0 Å². The standard InChI is InChI=1S/C11H21NO4/c1-4-16-10(13)11(12-5-6-14-2)7-9(8-11)15-3/h9,12H,4-8H2,1-3H3. The van der Waals surface area contributed by atoms with Crippen LogP contribution >= 0.6 is 0 Å². The Balaban J connectivity index is 2.47. The van der Waals surface area contributed by atoms with Crippen LogP contribution in [-0.4, -0.2) is 51.6 Å². The second-order valence-electron chi connectivity index (χ2n) is 3.99. The first-order valence-corrected chi connectivity index (χ1v) is 5.62. The van der Waals surface area contributed by atoms with Crippen LogP contribution in [0, 0.1) is 0 Å². The van der Waals surface area contributed by atoms with Gasteiger partial charge in [0, 0.05) is 33.6 Å². The van der Waals surface area contributed by atoms with E-state index in [1.54, 1.807) is 14.2 Å². The predicted molar refractivity (Wildman–Crippen MR) is 59.3 cm³/mol. The molecule has 0 saturated heterocycles. The highest BCUT2D eigenvalue weighted by molar-refractivity contribution is 5.82. The Morgan fingerprint density at radius 2 is 2.12 bits per heavy atom. The average molecular weight is 231 g/mol. The lowest BCUT2D eigenvalue weighted by molar-refractivity contribution is -0.162. The highest BCUT2D eigenvalue weighted by Gasteiger charge is 2.51. The summed E-state index contributed by atoms with van der Waals surface area (Å²) in [6, 6.07) is 0. The number of ether oxygens (including phenoxy) is 3. The number of hydrogen-bond acceptors (Lipinski definition) is 5. The van der Waals surface area contributed by atoms with Crippen LogP contribution in [0.3, 0.4) is 0 Å². The van der Waals surface area contributed by atoms with Crippen molar-refractivity contribution in [1.29, 1.82) is 0 Å². The zero-order valence-corrected chi connectivity index (χ0v) is 10.2. The van der Waals surface area contributed by atoms with Gasteiger partial charge in [-0.05, 0) is 6.92 Å². The molecular formula is C11H21NO4. The molecule has 0 heterocycles. The van der Waals surface area contributed by atoms with Crippen molar-refractivity contribution < 1.29 is 19.0 Å². The van der Waals surface area contributed by atoms with Crippen LogP contribution in [-0.2, 0) is 19.0 Å². The summed E-state index contributed by atoms with van der Waals surface area (Å²) >= 11 is 0. The van der Waals surface area contributed by atoms with E-state index in [1.807, 2.05) is 6.92 Å². The fourth-order valence-corrected chi connectivity index (χ4v) is 1.93. The molecule has 0 bridgehead atoms. The molecule has 0 amide bonds. The molecule has 94 valence electrons. The van der Waals surface area contributed by atoms with Crippen LogP contribution in [0.4, 0.5) is 0 Å². The lowest BCUT2D eigenvalue weighted by Gasteiger charge is -2.45. The molecule has 0 aromatic heterocycles. The fraction of sp³-hybridized carbons (Fsp3) is 0.909. The van der Waals surface area contributed by atoms with E-state index in [9.17, 15) is 4.79 Å². The Hall–Kier alpha value is -0.650. The van der Waals surface area contributed by atoms with E-state index in [4.69, 9.17) is 14.2 Å². The number of nitrogens with one attached hydrogen (secondary N) is 1. The first-order chi connectivity index (χ1) is 7.68. The van der Waals surface area contributed by atoms with Crippen molar-refractivity contribution in [1.82, 2.24) is 5.32 Å². The van der Waals surface area contributed by atoms with Crippen LogP contribution in [0.15, 0.2) is 0 Å². The Bertz CT molecular complexity index is 226. The molecule has 0 atom stereocenters. The Morgan fingerprint density at radius 3 is 2.62 bits per heavy atom. The van der Waals surface area contributed by atoms with Gasteiger partial charge in [-0.15, -0.1) is 0 Å². The molecule has 5 nitrogen and oxygen atoms in total. The molecule has 0 spiro atoms. The van der Waals surface area contributed by atoms with Crippen LogP contribution in [0.25, 0.3) is 0 Å². The highest BCUT2D eigenvalue weighted by Crippen LogP contribution is 2.35. The fourth-order valence-electron chi connectivity index (χ4n) is 1.93. The summed E-state index contributed by atoms with van der Waals surface area (Å²) in [5.41, 5.74) is -0.560. The summed E-state index contributed by atoms with van der Waals surface area (Å²) in [5, 5.41) is 3.20. The van der Waals surface area contributed by atoms with Crippen LogP contribution in [0.2, 0.25) is 0 Å². The lowest BCUT2D eigenvalue weighted by atomic mass is 9.74. The van der Waals surface area contributed by atoms with E-state index in [1.165, 1.54) is 0 Å². The zero-order valence-electron chi connectivity index (χ0n) is 10.2. The third-order valence-electron chi connectivity index (χ3n) is 2.92. The van der Waals surface area contributed by atoms with Gasteiger partial charge in [-0.1, -0.05) is 0 Å². The molecule has 16 heavy (non-hydrogen) atoms. The van der Waals surface area contributed by atoms with E-state index in [0.29, 0.717) is 32.6 Å². The molecular weight excluding hydrogens is 210 g/mol. The maximum absolute atomic E-state index is 11.8. The summed E-state index contributed by atoms with van der Waals surface area (Å²) in [5.74, 6) is -0.181. The van der Waals surface area contributed by atoms with E-state index in [2.05, 4.69) is 5.32 Å². The van der Waals surface area contributed by atoms with Gasteiger partial charge in [-0.3, -0.25) is 10.1 Å². The maximum Gasteiger partial charge on any atom is 0.326 e. The summed E-state index contributed by atoms with van der Waals surface area (Å²) in [6.07, 6.45) is 1.50. The van der Waals surface area contributed by atoms with E-state index in [-0.39, 0.29) is 12.1 Å². The molecule has 1 fully saturated rings. The Morgan fingerprint density at radius 1 is 1.44 bits per heavy atom. The molecule has 0 aromatic carbocycles. The van der Waals surface area contributed by atoms with E-state index < -0.39 is 5.54 Å². The normalized spacial score (nSPS) is 28.6. The Kier molecular flexibility index (Phi) is 5.18. The first kappa shape index (κ1) is 13.4. The maximum atomic E-state index is 11.8. The van der Waals surface area contributed by atoms with Crippen molar-refractivity contribution in [3.63, 3.8) is 0 Å². The zero-order chi connectivity index (χ0) is 12.0. The molecule has 1 rings (SSSR count). The largest absolute Gasteiger partial charge is 0.465 e. The molecule has 0 radical (unpaired) electrons. The minimum Gasteiger partial charge on any atom is -0.465 e. The number of hydrogen-bond donors (Lipinski definition) is 1. The minimum atomic E-state index is -0.560. The van der Waals surface area contributed by atoms with Crippen LogP contribution in [0.5, 0.6) is 0 Å². The molecule has 0 unspecified atom stereocenters. The van der Waals surface area contributed by atoms with Crippen LogP contribution in [0.1, 0.15) is 19.8 Å². The number of methoxy groups -OCH3 is 2. The molecule has 1 aliphatic carbocycles. The lowest BCUT2D eigenvalue weighted by Crippen LogP contribution is -2.64. The highest BCUT2D eigenvalue weighted by atomic mass is 16.5. The Labute approximate surface area is 96.4 Å². The van der Waals surface area contributed by atoms with Gasteiger partial charge >= 0.3 is 5.97 Å². The third kappa shape index (κ3) is 2.93. The minimum absolute atomic E-state index is 0.152. The monoisotopic (exact) mass is 231 g/mol. The second kappa shape index (κ2) is 6.18. The van der Waals surface area contributed by atoms with Crippen molar-refractivity contribution in [2.45, 2.75) is 31.4 Å². The average Bonchev–Trinajstić information content (AvgIpc) is 2.22. The smallest absolute Gasteiger partial charge is 0.326 e. The molecule has 0 aromatic rings. The van der Waals surface area contributed by atoms with Gasteiger partial charge in [-0.25, -0.2) is 0 Å². The molecule has 1 aliphatic rings. The van der Waals surface area contributed by atoms with Gasteiger partial charge in [0.05, 0.1) is 19.3 Å². The van der Waals surface area contributed by atoms with Crippen molar-refractivity contribution in [3.8, 4) is 0 Å². The predicted octanol–water partition coefficient (Wildman–Crippen LogP) is 0.333. The second-order valence-corrected chi connectivity index (χ2v) is 3.99. The summed E-state index contributed by atoms with van der Waals surface area (Å²) < 4.78 is 15.2. The molecule has 1 N–H and O–H groups in total. The van der Waals surface area contributed by atoms with Crippen molar-refractivity contribution in [2.75, 3.05) is 34.0 Å². The number of carbonyl (C=O) groups excluding carboxylic acids is 1. The number of rotatable bonds is 7. The first-order valence-electron chi connectivity index (χ1n) is 5.62. The van der Waals surface area contributed by atoms with Crippen molar-refractivity contribution in [2.24, 2.45) is 0 Å². The third-order valence-corrected chi connectivity index (χ3v) is 2.92.